The van der Waals surface area contributed by atoms with Gasteiger partial charge in [-0.15, -0.1) is 0 Å². The number of hydrogen-bond acceptors (Lipinski definition) is 3. The summed E-state index contributed by atoms with van der Waals surface area (Å²) in [7, 11) is 4.03. The Morgan fingerprint density at radius 1 is 1.57 bits per heavy atom. The average Bonchev–Trinajstić information content (AvgIpc) is 2.84. The molecule has 4 nitrogen and oxygen atoms in total. The first-order valence-corrected chi connectivity index (χ1v) is 5.16. The lowest BCUT2D eigenvalue weighted by Gasteiger charge is -2.28. The average molecular weight is 199 g/mol. The van der Waals surface area contributed by atoms with Crippen molar-refractivity contribution in [3.05, 3.63) is 0 Å². The summed E-state index contributed by atoms with van der Waals surface area (Å²) in [6.45, 7) is 3.65. The molecule has 82 valence electrons. The number of hydrogen-bond donors (Lipinski definition) is 2. The number of nitrogens with one attached hydrogen (secondary N) is 1. The lowest BCUT2D eigenvalue weighted by Crippen LogP contribution is -2.56. The first kappa shape index (κ1) is 11.5. The van der Waals surface area contributed by atoms with Gasteiger partial charge in [-0.05, 0) is 39.8 Å². The van der Waals surface area contributed by atoms with E-state index in [0.29, 0.717) is 5.92 Å². The smallest absolute Gasteiger partial charge is 0.237 e. The van der Waals surface area contributed by atoms with E-state index >= 15 is 0 Å². The SMILES string of the molecule is CN(C)CCNC(C)(C(N)=O)C1CC1. The van der Waals surface area contributed by atoms with Crippen LogP contribution < -0.4 is 11.1 Å². The second-order valence-corrected chi connectivity index (χ2v) is 4.57. The summed E-state index contributed by atoms with van der Waals surface area (Å²) in [6.07, 6.45) is 2.24. The standard InChI is InChI=1S/C10H21N3O/c1-10(9(11)14,8-4-5-8)12-6-7-13(2)3/h8,12H,4-7H2,1-3H3,(H2,11,14). The summed E-state index contributed by atoms with van der Waals surface area (Å²) in [5.74, 6) is 0.223. The summed E-state index contributed by atoms with van der Waals surface area (Å²) >= 11 is 0. The highest BCUT2D eigenvalue weighted by Gasteiger charge is 2.45. The Kier molecular flexibility index (Phi) is 3.50. The van der Waals surface area contributed by atoms with Crippen molar-refractivity contribution < 1.29 is 4.79 Å². The summed E-state index contributed by atoms with van der Waals surface area (Å²) in [6, 6.07) is 0. The number of rotatable bonds is 6. The first-order valence-electron chi connectivity index (χ1n) is 5.16. The molecule has 3 N–H and O–H groups in total. The number of carbonyl (C=O) groups excluding carboxylic acids is 1. The molecule has 0 aromatic rings. The molecule has 1 aliphatic carbocycles. The molecular weight excluding hydrogens is 178 g/mol. The maximum absolute atomic E-state index is 11.3. The van der Waals surface area contributed by atoms with E-state index < -0.39 is 5.54 Å². The highest BCUT2D eigenvalue weighted by Crippen LogP contribution is 2.39. The van der Waals surface area contributed by atoms with Gasteiger partial charge in [-0.1, -0.05) is 0 Å². The van der Waals surface area contributed by atoms with Crippen LogP contribution in [0, 0.1) is 5.92 Å². The molecule has 0 saturated heterocycles. The fraction of sp³-hybridized carbons (Fsp3) is 0.900. The zero-order chi connectivity index (χ0) is 10.8. The van der Waals surface area contributed by atoms with Gasteiger partial charge >= 0.3 is 0 Å². The Bertz CT molecular complexity index is 213. The highest BCUT2D eigenvalue weighted by atomic mass is 16.1. The van der Waals surface area contributed by atoms with Crippen molar-refractivity contribution in [2.24, 2.45) is 11.7 Å². The monoisotopic (exact) mass is 199 g/mol. The molecule has 4 heteroatoms. The van der Waals surface area contributed by atoms with Gasteiger partial charge in [0.05, 0.1) is 5.54 Å². The molecule has 1 aliphatic rings. The summed E-state index contributed by atoms with van der Waals surface area (Å²) in [5, 5.41) is 3.27. The van der Waals surface area contributed by atoms with Gasteiger partial charge in [0.2, 0.25) is 5.91 Å². The highest BCUT2D eigenvalue weighted by molar-refractivity contribution is 5.85. The third-order valence-electron chi connectivity index (χ3n) is 2.96. The van der Waals surface area contributed by atoms with Gasteiger partial charge in [0.1, 0.15) is 0 Å². The minimum Gasteiger partial charge on any atom is -0.368 e. The molecule has 0 spiro atoms. The van der Waals surface area contributed by atoms with E-state index in [1.54, 1.807) is 0 Å². The number of amides is 1. The van der Waals surface area contributed by atoms with Crippen LogP contribution >= 0.6 is 0 Å². The number of primary amides is 1. The Morgan fingerprint density at radius 2 is 2.14 bits per heavy atom. The molecule has 14 heavy (non-hydrogen) atoms. The number of nitrogens with zero attached hydrogens (tertiary/aromatic N) is 1. The predicted molar refractivity (Wildman–Crippen MR) is 56.9 cm³/mol. The number of carbonyl (C=O) groups is 1. The number of likely N-dealkylation sites (N-methyl/N-ethyl adjacent to an activating group) is 1. The van der Waals surface area contributed by atoms with Gasteiger partial charge in [-0.25, -0.2) is 0 Å². The van der Waals surface area contributed by atoms with Crippen molar-refractivity contribution in [2.45, 2.75) is 25.3 Å². The Hall–Kier alpha value is -0.610. The molecule has 0 radical (unpaired) electrons. The maximum atomic E-state index is 11.3. The van der Waals surface area contributed by atoms with Crippen molar-refractivity contribution in [1.82, 2.24) is 10.2 Å². The third kappa shape index (κ3) is 2.69. The molecule has 1 unspecified atom stereocenters. The van der Waals surface area contributed by atoms with Crippen LogP contribution in [0.1, 0.15) is 19.8 Å². The van der Waals surface area contributed by atoms with E-state index in [-0.39, 0.29) is 5.91 Å². The van der Waals surface area contributed by atoms with Crippen molar-refractivity contribution in [1.29, 1.82) is 0 Å². The first-order chi connectivity index (χ1) is 6.47. The van der Waals surface area contributed by atoms with Gasteiger partial charge < -0.3 is 16.0 Å². The molecule has 1 atom stereocenters. The van der Waals surface area contributed by atoms with E-state index in [1.807, 2.05) is 21.0 Å². The van der Waals surface area contributed by atoms with Crippen molar-refractivity contribution in [3.8, 4) is 0 Å². The van der Waals surface area contributed by atoms with E-state index in [1.165, 1.54) is 0 Å². The maximum Gasteiger partial charge on any atom is 0.237 e. The van der Waals surface area contributed by atoms with Crippen LogP contribution in [0.3, 0.4) is 0 Å². The predicted octanol–water partition coefficient (Wildman–Crippen LogP) is -0.208. The molecule has 0 heterocycles. The molecule has 0 aliphatic heterocycles. The van der Waals surface area contributed by atoms with E-state index in [9.17, 15) is 4.79 Å². The van der Waals surface area contributed by atoms with Crippen LogP contribution in [0.4, 0.5) is 0 Å². The van der Waals surface area contributed by atoms with Gasteiger partial charge in [0.25, 0.3) is 0 Å². The normalized spacial score (nSPS) is 20.9. The van der Waals surface area contributed by atoms with Crippen LogP contribution in [0.2, 0.25) is 0 Å². The van der Waals surface area contributed by atoms with E-state index in [0.717, 1.165) is 25.9 Å². The van der Waals surface area contributed by atoms with Crippen molar-refractivity contribution >= 4 is 5.91 Å². The van der Waals surface area contributed by atoms with Gasteiger partial charge in [0.15, 0.2) is 0 Å². The summed E-state index contributed by atoms with van der Waals surface area (Å²) < 4.78 is 0. The van der Waals surface area contributed by atoms with Crippen LogP contribution in [0.25, 0.3) is 0 Å². The largest absolute Gasteiger partial charge is 0.368 e. The second-order valence-electron chi connectivity index (χ2n) is 4.57. The molecule has 1 fully saturated rings. The van der Waals surface area contributed by atoms with Crippen molar-refractivity contribution in [2.75, 3.05) is 27.2 Å². The lowest BCUT2D eigenvalue weighted by molar-refractivity contribution is -0.124. The minimum atomic E-state index is -0.490. The Morgan fingerprint density at radius 3 is 2.50 bits per heavy atom. The molecule has 1 amide bonds. The van der Waals surface area contributed by atoms with E-state index in [4.69, 9.17) is 5.73 Å². The summed E-state index contributed by atoms with van der Waals surface area (Å²) in [4.78, 5) is 13.4. The van der Waals surface area contributed by atoms with Gasteiger partial charge in [0, 0.05) is 13.1 Å². The Labute approximate surface area is 85.8 Å². The van der Waals surface area contributed by atoms with Crippen LogP contribution in [0.15, 0.2) is 0 Å². The number of nitrogens with two attached hydrogens (primary N) is 1. The Balaban J connectivity index is 2.40. The third-order valence-corrected chi connectivity index (χ3v) is 2.96. The molecule has 1 saturated carbocycles. The molecular formula is C10H21N3O. The zero-order valence-electron chi connectivity index (χ0n) is 9.34. The van der Waals surface area contributed by atoms with E-state index in [2.05, 4.69) is 10.2 Å². The van der Waals surface area contributed by atoms with Crippen LogP contribution in [0.5, 0.6) is 0 Å². The fourth-order valence-electron chi connectivity index (χ4n) is 1.63. The zero-order valence-corrected chi connectivity index (χ0v) is 9.34. The molecule has 0 aromatic carbocycles. The summed E-state index contributed by atoms with van der Waals surface area (Å²) in [5.41, 5.74) is 4.92. The quantitative estimate of drug-likeness (QED) is 0.622. The van der Waals surface area contributed by atoms with Gasteiger partial charge in [-0.2, -0.15) is 0 Å². The van der Waals surface area contributed by atoms with Crippen LogP contribution in [-0.2, 0) is 4.79 Å². The minimum absolute atomic E-state index is 0.223. The van der Waals surface area contributed by atoms with Gasteiger partial charge in [-0.3, -0.25) is 4.79 Å². The second kappa shape index (κ2) is 4.28. The molecule has 0 aromatic heterocycles. The fourth-order valence-corrected chi connectivity index (χ4v) is 1.63. The van der Waals surface area contributed by atoms with Crippen LogP contribution in [-0.4, -0.2) is 43.5 Å². The molecule has 1 rings (SSSR count). The lowest BCUT2D eigenvalue weighted by atomic mass is 9.95. The topological polar surface area (TPSA) is 58.4 Å². The molecule has 0 bridgehead atoms. The van der Waals surface area contributed by atoms with Crippen molar-refractivity contribution in [3.63, 3.8) is 0 Å².